The molecular formula is C12H20O11. The fourth-order valence-electron chi connectivity index (χ4n) is 1.17. The summed E-state index contributed by atoms with van der Waals surface area (Å²) in [6.45, 7) is -0.170. The van der Waals surface area contributed by atoms with Crippen LogP contribution >= 0.6 is 0 Å². The molecule has 4 atom stereocenters. The minimum atomic E-state index is -1.42. The SMILES string of the molecule is CC(O)C(=O)OCC(O)CO.O=C1O[C@H]([C@@H](O)CO)C(O)=C1O. The second-order valence-corrected chi connectivity index (χ2v) is 4.45. The lowest BCUT2D eigenvalue weighted by atomic mass is 10.2. The van der Waals surface area contributed by atoms with E-state index < -0.39 is 61.1 Å². The number of hydrogen-bond acceptors (Lipinski definition) is 11. The van der Waals surface area contributed by atoms with Crippen LogP contribution in [-0.4, -0.2) is 91.9 Å². The molecule has 0 spiro atoms. The van der Waals surface area contributed by atoms with E-state index in [-0.39, 0.29) is 6.61 Å². The van der Waals surface area contributed by atoms with E-state index in [2.05, 4.69) is 9.47 Å². The van der Waals surface area contributed by atoms with Crippen LogP contribution in [-0.2, 0) is 19.1 Å². The van der Waals surface area contributed by atoms with Gasteiger partial charge in [0.25, 0.3) is 0 Å². The summed E-state index contributed by atoms with van der Waals surface area (Å²) in [5, 5.41) is 60.6. The van der Waals surface area contributed by atoms with Crippen LogP contribution in [0.25, 0.3) is 0 Å². The van der Waals surface area contributed by atoms with Gasteiger partial charge in [-0.25, -0.2) is 9.59 Å². The Kier molecular flexibility index (Phi) is 9.14. The first-order valence-corrected chi connectivity index (χ1v) is 6.41. The molecule has 1 aliphatic rings. The Hall–Kier alpha value is -1.92. The highest BCUT2D eigenvalue weighted by atomic mass is 16.6. The van der Waals surface area contributed by atoms with Crippen molar-refractivity contribution >= 4 is 11.9 Å². The molecule has 0 fully saturated rings. The third-order valence-electron chi connectivity index (χ3n) is 2.45. The smallest absolute Gasteiger partial charge is 0.377 e. The number of aliphatic hydroxyl groups is 7. The van der Waals surface area contributed by atoms with Crippen LogP contribution in [0.4, 0.5) is 0 Å². The lowest BCUT2D eigenvalue weighted by molar-refractivity contribution is -0.156. The van der Waals surface area contributed by atoms with Gasteiger partial charge in [0.1, 0.15) is 24.9 Å². The lowest BCUT2D eigenvalue weighted by Gasteiger charge is -2.13. The molecule has 1 rings (SSSR count). The normalized spacial score (nSPS) is 21.0. The second kappa shape index (κ2) is 9.97. The molecule has 11 nitrogen and oxygen atoms in total. The van der Waals surface area contributed by atoms with Crippen molar-refractivity contribution in [1.29, 1.82) is 0 Å². The van der Waals surface area contributed by atoms with Gasteiger partial charge in [-0.1, -0.05) is 0 Å². The van der Waals surface area contributed by atoms with Gasteiger partial charge in [-0.2, -0.15) is 0 Å². The molecule has 1 aliphatic heterocycles. The van der Waals surface area contributed by atoms with Crippen LogP contribution in [0, 0.1) is 0 Å². The summed E-state index contributed by atoms with van der Waals surface area (Å²) in [5.74, 6) is -3.59. The molecule has 0 saturated carbocycles. The molecule has 11 heteroatoms. The maximum Gasteiger partial charge on any atom is 0.377 e. The standard InChI is InChI=1S/C6H8O6.C6H12O5/c7-1-2(8)5-3(9)4(10)6(11)12-5;1-4(8)6(10)11-3-5(9)2-7/h2,5,7-10H,1H2;4-5,7-9H,2-3H2,1H3/t2-,5+;/m0./s1. The molecule has 0 aliphatic carbocycles. The van der Waals surface area contributed by atoms with E-state index >= 15 is 0 Å². The van der Waals surface area contributed by atoms with Crippen LogP contribution in [0.3, 0.4) is 0 Å². The van der Waals surface area contributed by atoms with Gasteiger partial charge in [0.2, 0.25) is 5.76 Å². The van der Waals surface area contributed by atoms with Gasteiger partial charge >= 0.3 is 11.9 Å². The number of esters is 2. The number of carbonyl (C=O) groups is 2. The molecule has 0 aromatic heterocycles. The van der Waals surface area contributed by atoms with Gasteiger partial charge in [-0.05, 0) is 6.92 Å². The fraction of sp³-hybridized carbons (Fsp3) is 0.667. The van der Waals surface area contributed by atoms with Gasteiger partial charge in [0.05, 0.1) is 13.2 Å². The van der Waals surface area contributed by atoms with Crippen LogP contribution < -0.4 is 0 Å². The average molecular weight is 340 g/mol. The minimum absolute atomic E-state index is 0.291. The summed E-state index contributed by atoms with van der Waals surface area (Å²) >= 11 is 0. The van der Waals surface area contributed by atoms with Crippen molar-refractivity contribution in [3.05, 3.63) is 11.5 Å². The molecule has 7 N–H and O–H groups in total. The van der Waals surface area contributed by atoms with E-state index in [4.69, 9.17) is 35.7 Å². The first kappa shape index (κ1) is 21.1. The van der Waals surface area contributed by atoms with E-state index in [1.165, 1.54) is 6.92 Å². The van der Waals surface area contributed by atoms with Gasteiger partial charge in [0.15, 0.2) is 11.9 Å². The van der Waals surface area contributed by atoms with Crippen molar-refractivity contribution in [2.75, 3.05) is 19.8 Å². The highest BCUT2D eigenvalue weighted by Gasteiger charge is 2.38. The molecule has 0 saturated heterocycles. The summed E-state index contributed by atoms with van der Waals surface area (Å²) in [7, 11) is 0. The van der Waals surface area contributed by atoms with Gasteiger partial charge in [-0.15, -0.1) is 0 Å². The number of hydrogen-bond donors (Lipinski definition) is 7. The molecule has 0 bridgehead atoms. The third-order valence-corrected chi connectivity index (χ3v) is 2.45. The molecule has 0 aromatic carbocycles. The van der Waals surface area contributed by atoms with Gasteiger partial charge < -0.3 is 45.2 Å². The maximum atomic E-state index is 10.5. The quantitative estimate of drug-likeness (QED) is 0.241. The Morgan fingerprint density at radius 2 is 1.78 bits per heavy atom. The van der Waals surface area contributed by atoms with Gasteiger partial charge in [0, 0.05) is 0 Å². The first-order chi connectivity index (χ1) is 10.6. The lowest BCUT2D eigenvalue weighted by Crippen LogP contribution is -2.31. The molecule has 1 heterocycles. The van der Waals surface area contributed by atoms with Crippen molar-refractivity contribution in [1.82, 2.24) is 0 Å². The van der Waals surface area contributed by atoms with Crippen LogP contribution in [0.1, 0.15) is 6.92 Å². The molecular weight excluding hydrogens is 320 g/mol. The Morgan fingerprint density at radius 1 is 1.22 bits per heavy atom. The zero-order valence-electron chi connectivity index (χ0n) is 12.2. The number of ether oxygens (including phenoxy) is 2. The van der Waals surface area contributed by atoms with Crippen molar-refractivity contribution in [2.45, 2.75) is 31.3 Å². The Balaban J connectivity index is 0.000000423. The predicted molar refractivity (Wildman–Crippen MR) is 71.0 cm³/mol. The third kappa shape index (κ3) is 6.80. The average Bonchev–Trinajstić information content (AvgIpc) is 2.79. The van der Waals surface area contributed by atoms with Crippen LogP contribution in [0.5, 0.6) is 0 Å². The Labute approximate surface area is 130 Å². The first-order valence-electron chi connectivity index (χ1n) is 6.41. The highest BCUT2D eigenvalue weighted by molar-refractivity contribution is 5.89. The Morgan fingerprint density at radius 3 is 2.13 bits per heavy atom. The summed E-state index contributed by atoms with van der Waals surface area (Å²) < 4.78 is 8.67. The van der Waals surface area contributed by atoms with E-state index in [0.717, 1.165) is 0 Å². The molecule has 0 amide bonds. The zero-order valence-corrected chi connectivity index (χ0v) is 12.2. The fourth-order valence-corrected chi connectivity index (χ4v) is 1.17. The summed E-state index contributed by atoms with van der Waals surface area (Å²) in [6.07, 6.45) is -5.04. The van der Waals surface area contributed by atoms with Crippen molar-refractivity contribution in [3.8, 4) is 0 Å². The molecule has 0 radical (unpaired) electrons. The van der Waals surface area contributed by atoms with E-state index in [1.54, 1.807) is 0 Å². The molecule has 0 aromatic rings. The van der Waals surface area contributed by atoms with E-state index in [9.17, 15) is 9.59 Å². The number of aliphatic hydroxyl groups excluding tert-OH is 7. The topological polar surface area (TPSA) is 194 Å². The molecule has 134 valence electrons. The second-order valence-electron chi connectivity index (χ2n) is 4.45. The van der Waals surface area contributed by atoms with E-state index in [0.29, 0.717) is 0 Å². The minimum Gasteiger partial charge on any atom is -0.505 e. The van der Waals surface area contributed by atoms with Crippen molar-refractivity contribution < 1.29 is 54.8 Å². The molecule has 2 unspecified atom stereocenters. The summed E-state index contributed by atoms with van der Waals surface area (Å²) in [6, 6.07) is 0. The summed E-state index contributed by atoms with van der Waals surface area (Å²) in [4.78, 5) is 21.0. The van der Waals surface area contributed by atoms with Crippen LogP contribution in [0.15, 0.2) is 11.5 Å². The molecule has 23 heavy (non-hydrogen) atoms. The van der Waals surface area contributed by atoms with Crippen molar-refractivity contribution in [2.24, 2.45) is 0 Å². The predicted octanol–water partition coefficient (Wildman–Crippen LogP) is -3.14. The zero-order chi connectivity index (χ0) is 18.2. The number of rotatable bonds is 6. The van der Waals surface area contributed by atoms with E-state index in [1.807, 2.05) is 0 Å². The van der Waals surface area contributed by atoms with Crippen LogP contribution in [0.2, 0.25) is 0 Å². The monoisotopic (exact) mass is 340 g/mol. The van der Waals surface area contributed by atoms with Gasteiger partial charge in [-0.3, -0.25) is 0 Å². The summed E-state index contributed by atoms with van der Waals surface area (Å²) in [5.41, 5.74) is 0. The highest BCUT2D eigenvalue weighted by Crippen LogP contribution is 2.20. The Bertz CT molecular complexity index is 431. The maximum absolute atomic E-state index is 10.5. The van der Waals surface area contributed by atoms with Crippen molar-refractivity contribution in [3.63, 3.8) is 0 Å². The largest absolute Gasteiger partial charge is 0.505 e. The number of cyclic esters (lactones) is 1. The number of carbonyl (C=O) groups excluding carboxylic acids is 2.